The number of carbonyl (C=O) groups is 1. The van der Waals surface area contributed by atoms with Crippen LogP contribution >= 0.6 is 15.9 Å². The molecule has 0 aliphatic carbocycles. The maximum absolute atomic E-state index is 11.9. The van der Waals surface area contributed by atoms with E-state index in [-0.39, 0.29) is 11.8 Å². The molecule has 1 atom stereocenters. The normalized spacial score (nSPS) is 16.4. The summed E-state index contributed by atoms with van der Waals surface area (Å²) in [5.41, 5.74) is 3.41. The summed E-state index contributed by atoms with van der Waals surface area (Å²) in [5.74, 6) is 0.986. The topological polar surface area (TPSA) is 65.5 Å². The second kappa shape index (κ2) is 9.55. The van der Waals surface area contributed by atoms with Crippen LogP contribution < -0.4 is 16.0 Å². The summed E-state index contributed by atoms with van der Waals surface area (Å²) in [6.45, 7) is 1.52. The highest BCUT2D eigenvalue weighted by molar-refractivity contribution is 9.10. The van der Waals surface area contributed by atoms with Gasteiger partial charge in [0.1, 0.15) is 0 Å². The number of guanidine groups is 1. The van der Waals surface area contributed by atoms with E-state index in [0.29, 0.717) is 13.0 Å². The van der Waals surface area contributed by atoms with Crippen LogP contribution in [0.25, 0.3) is 0 Å². The molecule has 1 heterocycles. The van der Waals surface area contributed by atoms with Gasteiger partial charge in [-0.1, -0.05) is 46.3 Å². The Bertz CT molecular complexity index is 821. The molecule has 1 amide bonds. The van der Waals surface area contributed by atoms with Gasteiger partial charge in [0, 0.05) is 42.6 Å². The molecule has 0 spiro atoms. The van der Waals surface area contributed by atoms with Crippen LogP contribution in [0.2, 0.25) is 0 Å². The maximum atomic E-state index is 11.9. The second-order valence-corrected chi connectivity index (χ2v) is 7.57. The summed E-state index contributed by atoms with van der Waals surface area (Å²) in [6.07, 6.45) is 2.52. The van der Waals surface area contributed by atoms with E-state index in [1.807, 2.05) is 24.3 Å². The molecule has 142 valence electrons. The van der Waals surface area contributed by atoms with E-state index in [9.17, 15) is 4.79 Å². The molecule has 0 saturated carbocycles. The minimum Gasteiger partial charge on any atom is -0.356 e. The van der Waals surface area contributed by atoms with Gasteiger partial charge in [-0.2, -0.15) is 0 Å². The molecule has 0 bridgehead atoms. The van der Waals surface area contributed by atoms with E-state index in [2.05, 4.69) is 61.1 Å². The summed E-state index contributed by atoms with van der Waals surface area (Å²) < 4.78 is 1.11. The van der Waals surface area contributed by atoms with Crippen molar-refractivity contribution >= 4 is 33.5 Å². The molecule has 0 fully saturated rings. The highest BCUT2D eigenvalue weighted by Crippen LogP contribution is 2.31. The minimum atomic E-state index is 0.0671. The Morgan fingerprint density at radius 2 is 2.07 bits per heavy atom. The molecule has 1 aliphatic rings. The van der Waals surface area contributed by atoms with Crippen LogP contribution in [0.1, 0.15) is 29.9 Å². The van der Waals surface area contributed by atoms with Gasteiger partial charge >= 0.3 is 0 Å². The third kappa shape index (κ3) is 5.57. The molecule has 0 radical (unpaired) electrons. The van der Waals surface area contributed by atoms with Gasteiger partial charge in [0.15, 0.2) is 5.96 Å². The molecule has 3 N–H and O–H groups in total. The van der Waals surface area contributed by atoms with E-state index >= 15 is 0 Å². The van der Waals surface area contributed by atoms with Gasteiger partial charge in [0.2, 0.25) is 5.91 Å². The fourth-order valence-electron chi connectivity index (χ4n) is 3.32. The molecule has 0 aromatic heterocycles. The van der Waals surface area contributed by atoms with Gasteiger partial charge < -0.3 is 16.0 Å². The van der Waals surface area contributed by atoms with Gasteiger partial charge in [0.25, 0.3) is 0 Å². The number of amides is 1. The van der Waals surface area contributed by atoms with Crippen LogP contribution in [0.15, 0.2) is 58.0 Å². The Morgan fingerprint density at radius 3 is 2.89 bits per heavy atom. The summed E-state index contributed by atoms with van der Waals surface area (Å²) in [6, 6.07) is 16.4. The zero-order valence-corrected chi connectivity index (χ0v) is 17.1. The first-order chi connectivity index (χ1) is 13.2. The molecule has 2 aromatic rings. The van der Waals surface area contributed by atoms with Crippen LogP contribution in [0.4, 0.5) is 5.69 Å². The van der Waals surface area contributed by atoms with Gasteiger partial charge in [-0.25, -0.2) is 0 Å². The van der Waals surface area contributed by atoms with Crippen molar-refractivity contribution in [3.63, 3.8) is 0 Å². The van der Waals surface area contributed by atoms with Crippen molar-refractivity contribution in [2.75, 3.05) is 25.5 Å². The molecular weight excluding hydrogens is 404 g/mol. The minimum absolute atomic E-state index is 0.0671. The highest BCUT2D eigenvalue weighted by Gasteiger charge is 2.24. The van der Waals surface area contributed by atoms with Crippen molar-refractivity contribution in [3.8, 4) is 0 Å². The summed E-state index contributed by atoms with van der Waals surface area (Å²) >= 11 is 3.51. The molecule has 2 aromatic carbocycles. The molecule has 6 heteroatoms. The average Bonchev–Trinajstić information content (AvgIpc) is 2.67. The number of nitrogens with zero attached hydrogens (tertiary/aromatic N) is 1. The lowest BCUT2D eigenvalue weighted by molar-refractivity contribution is -0.116. The van der Waals surface area contributed by atoms with Crippen molar-refractivity contribution in [2.45, 2.75) is 25.2 Å². The number of fused-ring (bicyclic) bond motifs is 1. The van der Waals surface area contributed by atoms with Crippen molar-refractivity contribution in [1.29, 1.82) is 0 Å². The molecule has 5 nitrogen and oxygen atoms in total. The Labute approximate surface area is 168 Å². The van der Waals surface area contributed by atoms with E-state index in [0.717, 1.165) is 35.5 Å². The number of para-hydroxylation sites is 1. The number of anilines is 1. The Morgan fingerprint density at radius 1 is 1.22 bits per heavy atom. The lowest BCUT2D eigenvalue weighted by Gasteiger charge is -2.26. The predicted octanol–water partition coefficient (Wildman–Crippen LogP) is 3.67. The first-order valence-corrected chi connectivity index (χ1v) is 10.0. The zero-order valence-electron chi connectivity index (χ0n) is 15.5. The van der Waals surface area contributed by atoms with E-state index < -0.39 is 0 Å². The first kappa shape index (κ1) is 19.4. The molecular formula is C21H25BrN4O. The lowest BCUT2D eigenvalue weighted by Crippen LogP contribution is -2.41. The van der Waals surface area contributed by atoms with Gasteiger partial charge in [-0.3, -0.25) is 9.79 Å². The van der Waals surface area contributed by atoms with Crippen molar-refractivity contribution in [1.82, 2.24) is 10.6 Å². The molecule has 1 aliphatic heterocycles. The van der Waals surface area contributed by atoms with Crippen LogP contribution in [-0.4, -0.2) is 32.0 Å². The number of nitrogens with one attached hydrogen (secondary N) is 3. The summed E-state index contributed by atoms with van der Waals surface area (Å²) in [5, 5.41) is 9.65. The quantitative estimate of drug-likeness (QED) is 0.373. The maximum Gasteiger partial charge on any atom is 0.225 e. The lowest BCUT2D eigenvalue weighted by atomic mass is 9.90. The second-order valence-electron chi connectivity index (χ2n) is 6.65. The summed E-state index contributed by atoms with van der Waals surface area (Å²) in [4.78, 5) is 16.2. The monoisotopic (exact) mass is 428 g/mol. The van der Waals surface area contributed by atoms with E-state index in [1.54, 1.807) is 7.05 Å². The van der Waals surface area contributed by atoms with Crippen LogP contribution in [0.5, 0.6) is 0 Å². The third-order valence-corrected chi connectivity index (χ3v) is 5.16. The summed E-state index contributed by atoms with van der Waals surface area (Å²) in [7, 11) is 1.77. The standard InChI is InChI=1S/C21H25BrN4O/c1-23-21(24-11-5-7-15-6-4-8-17(22)12-15)25-14-16-13-20(27)26-19-10-3-2-9-18(16)19/h2-4,6,8-10,12,16H,5,7,11,13-14H2,1H3,(H,26,27)(H2,23,24,25). The smallest absolute Gasteiger partial charge is 0.225 e. The molecule has 0 saturated heterocycles. The largest absolute Gasteiger partial charge is 0.356 e. The fraction of sp³-hybridized carbons (Fsp3) is 0.333. The number of halogens is 1. The SMILES string of the molecule is CN=C(NCCCc1cccc(Br)c1)NCC1CC(=O)Nc2ccccc21. The zero-order chi connectivity index (χ0) is 19.1. The van der Waals surface area contributed by atoms with Crippen LogP contribution in [0, 0.1) is 0 Å². The van der Waals surface area contributed by atoms with Gasteiger partial charge in [0.05, 0.1) is 0 Å². The van der Waals surface area contributed by atoms with Gasteiger partial charge in [-0.05, 0) is 42.2 Å². The van der Waals surface area contributed by atoms with E-state index in [1.165, 1.54) is 11.1 Å². The van der Waals surface area contributed by atoms with Crippen molar-refractivity contribution < 1.29 is 4.79 Å². The van der Waals surface area contributed by atoms with Crippen LogP contribution in [-0.2, 0) is 11.2 Å². The Hall–Kier alpha value is -2.34. The fourth-order valence-corrected chi connectivity index (χ4v) is 3.76. The third-order valence-electron chi connectivity index (χ3n) is 4.67. The number of aryl methyl sites for hydroxylation is 1. The highest BCUT2D eigenvalue weighted by atomic mass is 79.9. The van der Waals surface area contributed by atoms with E-state index in [4.69, 9.17) is 0 Å². The van der Waals surface area contributed by atoms with Gasteiger partial charge in [-0.15, -0.1) is 0 Å². The van der Waals surface area contributed by atoms with Crippen LogP contribution in [0.3, 0.4) is 0 Å². The Balaban J connectivity index is 1.46. The first-order valence-electron chi connectivity index (χ1n) is 9.23. The molecule has 3 rings (SSSR count). The number of hydrogen-bond donors (Lipinski definition) is 3. The molecule has 27 heavy (non-hydrogen) atoms. The number of hydrogen-bond acceptors (Lipinski definition) is 2. The number of benzene rings is 2. The number of aliphatic imine (C=N–C) groups is 1. The number of carbonyl (C=O) groups excluding carboxylic acids is 1. The average molecular weight is 429 g/mol. The van der Waals surface area contributed by atoms with Crippen molar-refractivity contribution in [3.05, 3.63) is 64.1 Å². The predicted molar refractivity (Wildman–Crippen MR) is 114 cm³/mol. The van der Waals surface area contributed by atoms with Crippen molar-refractivity contribution in [2.24, 2.45) is 4.99 Å². The Kier molecular flexibility index (Phi) is 6.87. The molecule has 1 unspecified atom stereocenters. The number of rotatable bonds is 6.